The summed E-state index contributed by atoms with van der Waals surface area (Å²) in [6, 6.07) is 22.7. The van der Waals surface area contributed by atoms with Gasteiger partial charge in [0.2, 0.25) is 17.7 Å². The van der Waals surface area contributed by atoms with Gasteiger partial charge in [-0.1, -0.05) is 55.4 Å². The molecule has 2 aromatic carbocycles. The number of H-pyrrole nitrogens is 1. The number of nitrogens with two attached hydrogens (primary N) is 1. The third-order valence-electron chi connectivity index (χ3n) is 16.3. The van der Waals surface area contributed by atoms with Gasteiger partial charge in [-0.05, 0) is 68.0 Å². The minimum Gasteiger partial charge on any atom is -0.507 e. The van der Waals surface area contributed by atoms with Gasteiger partial charge in [-0.3, -0.25) is 9.59 Å². The normalized spacial score (nSPS) is 21.9. The number of phenols is 1. The van der Waals surface area contributed by atoms with E-state index in [1.165, 1.54) is 4.90 Å². The molecule has 2 unspecified atom stereocenters. The van der Waals surface area contributed by atoms with Crippen LogP contribution < -0.4 is 30.5 Å². The smallest absolute Gasteiger partial charge is 0.410 e. The standard InChI is InChI=1S/C57H69N11O8S/c1-33(2)52(56(72)67-31-41(69)26-47(67)55(71)61-34(3)36-9-11-37(12-10-36)53-35(4)60-32-77-53)49-28-50(63-76-49)64-21-16-43(17-22-64)75-57(73)65-23-18-42(19-24-65)74-51-25-38(15-20-59-51)68-39-13-14-40(68)30-66(29-39)46-27-45(62-54(46)58)44-7-5-6-8-48(44)70/h5-12,15,20,25,27-28,32-34,39-43,47,52,62,69-70H,13-14,16-19,21-24,26,29-31,58H2,1-4H3,(H,61,71)/t34-,39?,40?,41+,47-,52+/m0/s1. The molecule has 6 atom stereocenters. The van der Waals surface area contributed by atoms with Crippen molar-refractivity contribution in [2.24, 2.45) is 5.92 Å². The Morgan fingerprint density at radius 3 is 2.30 bits per heavy atom. The maximum Gasteiger partial charge on any atom is 0.410 e. The van der Waals surface area contributed by atoms with Gasteiger partial charge in [0.05, 0.1) is 39.6 Å². The number of nitrogens with zero attached hydrogens (tertiary/aromatic N) is 8. The highest BCUT2D eigenvalue weighted by atomic mass is 32.1. The highest BCUT2D eigenvalue weighted by molar-refractivity contribution is 7.13. The lowest BCUT2D eigenvalue weighted by Crippen LogP contribution is -2.54. The number of nitrogens with one attached hydrogen (secondary N) is 2. The molecule has 5 fully saturated rings. The number of para-hydroxylation sites is 1. The zero-order valence-corrected chi connectivity index (χ0v) is 44.9. The number of β-amino-alcohol motifs (C(OH)–C–C–N with tert-alkyl or cyclic N) is 1. The largest absolute Gasteiger partial charge is 0.507 e. The zero-order chi connectivity index (χ0) is 53.5. The number of carbonyl (C=O) groups is 3. The molecule has 0 radical (unpaired) electrons. The van der Waals surface area contributed by atoms with Crippen molar-refractivity contribution in [3.05, 3.63) is 102 Å². The number of piperazine rings is 1. The Bertz CT molecular complexity index is 3040. The lowest BCUT2D eigenvalue weighted by molar-refractivity contribution is -0.141. The van der Waals surface area contributed by atoms with Gasteiger partial charge in [-0.2, -0.15) is 0 Å². The molecule has 3 amide bonds. The number of aryl methyl sites for hydroxylation is 1. The fraction of sp³-hybridized carbons (Fsp3) is 0.474. The van der Waals surface area contributed by atoms with E-state index >= 15 is 0 Å². The molecule has 9 heterocycles. The first-order chi connectivity index (χ1) is 37.2. The van der Waals surface area contributed by atoms with Gasteiger partial charge in [-0.15, -0.1) is 11.3 Å². The highest BCUT2D eigenvalue weighted by Gasteiger charge is 2.45. The Labute approximate surface area is 452 Å². The molecule has 0 saturated carbocycles. The fourth-order valence-electron chi connectivity index (χ4n) is 12.1. The first-order valence-corrected chi connectivity index (χ1v) is 28.0. The molecule has 6 N–H and O–H groups in total. The molecule has 0 spiro atoms. The summed E-state index contributed by atoms with van der Waals surface area (Å²) in [5.41, 5.74) is 14.9. The SMILES string of the molecule is Cc1ncsc1-c1ccc([C@H](C)NC(=O)[C@@H]2C[C@@H](O)CN2C(=O)[C@@H](c2cc(N3CCC(OC(=O)N4CCC(Oc5cc(N6C7CCC6CN(c6cc(-c8ccccc8O)[nH]c6N)C7)ccn5)CC4)CC3)no2)C(C)C)cc1. The van der Waals surface area contributed by atoms with E-state index in [0.29, 0.717) is 87.2 Å². The second-order valence-electron chi connectivity index (χ2n) is 21.7. The Hall–Kier alpha value is -7.32. The zero-order valence-electron chi connectivity index (χ0n) is 44.1. The van der Waals surface area contributed by atoms with Gasteiger partial charge < -0.3 is 64.7 Å². The third kappa shape index (κ3) is 10.9. The lowest BCUT2D eigenvalue weighted by Gasteiger charge is -2.43. The minimum atomic E-state index is -0.842. The maximum atomic E-state index is 14.4. The van der Waals surface area contributed by atoms with Crippen molar-refractivity contribution in [2.45, 2.75) is 121 Å². The Morgan fingerprint density at radius 1 is 0.870 bits per heavy atom. The molecule has 0 aliphatic carbocycles. The molecule has 11 rings (SSSR count). The summed E-state index contributed by atoms with van der Waals surface area (Å²) < 4.78 is 18.4. The summed E-state index contributed by atoms with van der Waals surface area (Å²) in [7, 11) is 0. The number of rotatable bonds is 14. The van der Waals surface area contributed by atoms with Crippen LogP contribution in [0.25, 0.3) is 21.7 Å². The van der Waals surface area contributed by atoms with Crippen LogP contribution in [0.15, 0.2) is 89.0 Å². The molecular weight excluding hydrogens is 999 g/mol. The Balaban J connectivity index is 0.632. The van der Waals surface area contributed by atoms with Gasteiger partial charge in [0.1, 0.15) is 35.7 Å². The lowest BCUT2D eigenvalue weighted by atomic mass is 9.91. The van der Waals surface area contributed by atoms with Crippen molar-refractivity contribution >= 4 is 52.3 Å². The molecule has 5 aliphatic rings. The number of hydrogen-bond acceptors (Lipinski definition) is 16. The average Bonchev–Trinajstić information content (AvgIpc) is 4.32. The topological polar surface area (TPSA) is 232 Å². The van der Waals surface area contributed by atoms with Gasteiger partial charge in [-0.25, -0.2) is 14.8 Å². The number of thiazole rings is 1. The van der Waals surface area contributed by atoms with E-state index in [1.807, 2.05) is 87.9 Å². The van der Waals surface area contributed by atoms with Gasteiger partial charge in [0, 0.05) is 120 Å². The Morgan fingerprint density at radius 2 is 1.60 bits per heavy atom. The maximum absolute atomic E-state index is 14.4. The van der Waals surface area contributed by atoms with Crippen molar-refractivity contribution in [1.82, 2.24) is 35.2 Å². The van der Waals surface area contributed by atoms with Crippen LogP contribution in [0.5, 0.6) is 11.6 Å². The molecule has 20 heteroatoms. The van der Waals surface area contributed by atoms with Crippen molar-refractivity contribution in [2.75, 3.05) is 66.2 Å². The molecule has 5 aliphatic heterocycles. The van der Waals surface area contributed by atoms with Crippen LogP contribution >= 0.6 is 11.3 Å². The molecule has 19 nitrogen and oxygen atoms in total. The van der Waals surface area contributed by atoms with Crippen LogP contribution in [0, 0.1) is 12.8 Å². The number of pyridine rings is 1. The van der Waals surface area contributed by atoms with E-state index in [4.69, 9.17) is 19.7 Å². The van der Waals surface area contributed by atoms with E-state index in [0.717, 1.165) is 70.3 Å². The van der Waals surface area contributed by atoms with E-state index in [2.05, 4.69) is 46.2 Å². The number of aromatic hydroxyl groups is 1. The highest BCUT2D eigenvalue weighted by Crippen LogP contribution is 2.41. The number of aromatic amines is 1. The first-order valence-electron chi connectivity index (χ1n) is 27.1. The van der Waals surface area contributed by atoms with E-state index in [9.17, 15) is 24.6 Å². The number of likely N-dealkylation sites (tertiary alicyclic amines) is 2. The summed E-state index contributed by atoms with van der Waals surface area (Å²) in [4.78, 5) is 65.2. The van der Waals surface area contributed by atoms with Gasteiger partial charge in [0.15, 0.2) is 11.6 Å². The second kappa shape index (κ2) is 22.0. The van der Waals surface area contributed by atoms with Crippen LogP contribution in [0.4, 0.5) is 27.8 Å². The predicted octanol–water partition coefficient (Wildman–Crippen LogP) is 7.87. The van der Waals surface area contributed by atoms with Gasteiger partial charge >= 0.3 is 6.09 Å². The van der Waals surface area contributed by atoms with Crippen LogP contribution in [0.3, 0.4) is 0 Å². The molecule has 5 saturated heterocycles. The van der Waals surface area contributed by atoms with Crippen molar-refractivity contribution in [3.63, 3.8) is 0 Å². The number of piperidine rings is 2. The number of nitrogen functional groups attached to an aromatic ring is 1. The molecule has 406 valence electrons. The molecule has 77 heavy (non-hydrogen) atoms. The number of amides is 3. The quantitative estimate of drug-likeness (QED) is 0.0699. The van der Waals surface area contributed by atoms with Crippen LogP contribution in [0.2, 0.25) is 0 Å². The monoisotopic (exact) mass is 1070 g/mol. The third-order valence-corrected chi connectivity index (χ3v) is 17.3. The summed E-state index contributed by atoms with van der Waals surface area (Å²) in [5.74, 6) is 0.860. The number of carbonyl (C=O) groups excluding carboxylic acids is 3. The number of ether oxygens (including phenoxy) is 2. The number of phenolic OH excluding ortho intramolecular Hbond substituents is 1. The van der Waals surface area contributed by atoms with Crippen molar-refractivity contribution < 1.29 is 38.6 Å². The summed E-state index contributed by atoms with van der Waals surface area (Å²) in [6.07, 6.45) is 5.13. The molecule has 4 aromatic heterocycles. The van der Waals surface area contributed by atoms with Crippen LogP contribution in [0.1, 0.15) is 94.7 Å². The van der Waals surface area contributed by atoms with Gasteiger partial charge in [0.25, 0.3) is 0 Å². The van der Waals surface area contributed by atoms with Crippen molar-refractivity contribution in [1.29, 1.82) is 0 Å². The summed E-state index contributed by atoms with van der Waals surface area (Å²) in [5, 5.41) is 28.7. The molecule has 6 aromatic rings. The number of anilines is 4. The summed E-state index contributed by atoms with van der Waals surface area (Å²) >= 11 is 1.59. The first kappa shape index (κ1) is 51.8. The number of fused-ring (bicyclic) bond motifs is 2. The minimum absolute atomic E-state index is 0.0437. The van der Waals surface area contributed by atoms with Crippen molar-refractivity contribution in [3.8, 4) is 33.3 Å². The van der Waals surface area contributed by atoms with Crippen LogP contribution in [-0.2, 0) is 14.3 Å². The van der Waals surface area contributed by atoms with E-state index in [-0.39, 0.29) is 60.8 Å². The number of benzene rings is 2. The fourth-order valence-corrected chi connectivity index (χ4v) is 13.0. The number of aliphatic hydroxyl groups is 1. The number of hydrogen-bond donors (Lipinski definition) is 5. The molecule has 2 bridgehead atoms. The summed E-state index contributed by atoms with van der Waals surface area (Å²) in [6.45, 7) is 11.6. The second-order valence-corrected chi connectivity index (χ2v) is 22.6. The average molecular weight is 1070 g/mol. The van der Waals surface area contributed by atoms with Crippen LogP contribution in [-0.4, -0.2) is 140 Å². The number of aliphatic hydroxyl groups excluding tert-OH is 1. The Kier molecular flexibility index (Phi) is 14.8. The predicted molar refractivity (Wildman–Crippen MR) is 294 cm³/mol. The van der Waals surface area contributed by atoms with E-state index in [1.54, 1.807) is 34.4 Å². The van der Waals surface area contributed by atoms with E-state index < -0.39 is 18.1 Å². The molecular formula is C57H69N11O8S. The number of aromatic nitrogens is 4.